The molecule has 2 saturated heterocycles. The highest BCUT2D eigenvalue weighted by Crippen LogP contribution is 2.33. The maximum absolute atomic E-state index is 12.3. The van der Waals surface area contributed by atoms with E-state index in [9.17, 15) is 19.2 Å². The van der Waals surface area contributed by atoms with Crippen molar-refractivity contribution >= 4 is 41.3 Å². The van der Waals surface area contributed by atoms with Gasteiger partial charge in [0.15, 0.2) is 6.10 Å². The molecule has 2 aliphatic heterocycles. The molecule has 0 bridgehead atoms. The number of carboxylic acid groups (broad SMARTS) is 2. The van der Waals surface area contributed by atoms with Crippen molar-refractivity contribution in [1.29, 1.82) is 0 Å². The standard InChI is InChI=1S/C21H28N4O7S/c22-16(19(27)28)18(20(29)30)32-9-11-4-3-5-12(8-11)23-15(26)7-2-1-6-14-17-13(10-33-14)24-21(31)25-17/h3-5,8,13-14,16-18H,1-2,6-7,9-10,22H2,(H,23,26)(H,27,28)(H,29,30)(H2,24,25,31)/t13?,14?,16-,17?,18-/m0/s1. The van der Waals surface area contributed by atoms with Crippen LogP contribution in [-0.2, 0) is 25.7 Å². The third-order valence-electron chi connectivity index (χ3n) is 5.58. The fraction of sp³-hybridized carbons (Fsp3) is 0.524. The first-order valence-corrected chi connectivity index (χ1v) is 11.7. The predicted molar refractivity (Wildman–Crippen MR) is 121 cm³/mol. The van der Waals surface area contributed by atoms with E-state index in [2.05, 4.69) is 16.0 Å². The van der Waals surface area contributed by atoms with Crippen molar-refractivity contribution in [2.24, 2.45) is 5.73 Å². The number of ether oxygens (including phenoxy) is 1. The van der Waals surface area contributed by atoms with Gasteiger partial charge in [-0.1, -0.05) is 18.6 Å². The number of nitrogens with two attached hydrogens (primary N) is 1. The van der Waals surface area contributed by atoms with Gasteiger partial charge in [-0.2, -0.15) is 11.8 Å². The van der Waals surface area contributed by atoms with Gasteiger partial charge in [0.05, 0.1) is 18.7 Å². The van der Waals surface area contributed by atoms with Crippen LogP contribution < -0.4 is 21.7 Å². The second kappa shape index (κ2) is 11.3. The molecule has 0 spiro atoms. The number of unbranched alkanes of at least 4 members (excludes halogenated alkanes) is 1. The van der Waals surface area contributed by atoms with Crippen LogP contribution in [0.1, 0.15) is 31.2 Å². The van der Waals surface area contributed by atoms with Gasteiger partial charge in [-0.15, -0.1) is 0 Å². The summed E-state index contributed by atoms with van der Waals surface area (Å²) in [6.07, 6.45) is 1.18. The maximum atomic E-state index is 12.3. The molecule has 5 atom stereocenters. The summed E-state index contributed by atoms with van der Waals surface area (Å²) in [4.78, 5) is 45.9. The van der Waals surface area contributed by atoms with E-state index in [1.807, 2.05) is 11.8 Å². The lowest BCUT2D eigenvalue weighted by molar-refractivity contribution is -0.159. The molecule has 2 aliphatic rings. The van der Waals surface area contributed by atoms with E-state index in [-0.39, 0.29) is 30.6 Å². The molecule has 11 nitrogen and oxygen atoms in total. The van der Waals surface area contributed by atoms with Gasteiger partial charge in [-0.25, -0.2) is 9.59 Å². The van der Waals surface area contributed by atoms with Gasteiger partial charge in [0.25, 0.3) is 0 Å². The number of amides is 3. The molecule has 0 saturated carbocycles. The molecule has 0 aliphatic carbocycles. The number of hydrogen-bond donors (Lipinski definition) is 6. The molecule has 0 radical (unpaired) electrons. The quantitative estimate of drug-likeness (QED) is 0.186. The highest BCUT2D eigenvalue weighted by Gasteiger charge is 2.42. The number of hydrogen-bond acceptors (Lipinski definition) is 7. The Labute approximate surface area is 194 Å². The van der Waals surface area contributed by atoms with E-state index in [1.54, 1.807) is 24.3 Å². The summed E-state index contributed by atoms with van der Waals surface area (Å²) in [7, 11) is 0. The van der Waals surface area contributed by atoms with E-state index in [1.165, 1.54) is 0 Å². The van der Waals surface area contributed by atoms with Gasteiger partial charge in [0, 0.05) is 23.1 Å². The van der Waals surface area contributed by atoms with Crippen LogP contribution in [0.25, 0.3) is 0 Å². The number of thioether (sulfide) groups is 1. The number of rotatable bonds is 12. The fourth-order valence-corrected chi connectivity index (χ4v) is 5.42. The van der Waals surface area contributed by atoms with E-state index in [0.717, 1.165) is 25.0 Å². The van der Waals surface area contributed by atoms with Crippen LogP contribution in [0.3, 0.4) is 0 Å². The minimum absolute atomic E-state index is 0.106. The summed E-state index contributed by atoms with van der Waals surface area (Å²) < 4.78 is 5.19. The molecular weight excluding hydrogens is 452 g/mol. The second-order valence-corrected chi connectivity index (χ2v) is 9.32. The topological polar surface area (TPSA) is 180 Å². The van der Waals surface area contributed by atoms with E-state index < -0.39 is 24.1 Å². The van der Waals surface area contributed by atoms with Crippen molar-refractivity contribution in [3.63, 3.8) is 0 Å². The van der Waals surface area contributed by atoms with Crippen LogP contribution in [0.2, 0.25) is 0 Å². The minimum Gasteiger partial charge on any atom is -0.480 e. The van der Waals surface area contributed by atoms with Crippen LogP contribution in [0.4, 0.5) is 10.5 Å². The molecule has 1 aromatic rings. The SMILES string of the molecule is N[C@H](C(=O)O)[C@H](OCc1cccc(NC(=O)CCCCC2SCC3NC(=O)NC32)c1)C(=O)O. The first-order valence-electron chi connectivity index (χ1n) is 10.6. The second-order valence-electron chi connectivity index (χ2n) is 8.05. The lowest BCUT2D eigenvalue weighted by atomic mass is 10.0. The Kier molecular flexibility index (Phi) is 8.53. The maximum Gasteiger partial charge on any atom is 0.335 e. The molecule has 180 valence electrons. The van der Waals surface area contributed by atoms with Crippen molar-refractivity contribution in [3.8, 4) is 0 Å². The van der Waals surface area contributed by atoms with Crippen molar-refractivity contribution in [2.45, 2.75) is 61.8 Å². The third kappa shape index (κ3) is 6.83. The summed E-state index contributed by atoms with van der Waals surface area (Å²) in [5, 5.41) is 27.1. The minimum atomic E-state index is -1.69. The Balaban J connectivity index is 1.40. The smallest absolute Gasteiger partial charge is 0.335 e. The van der Waals surface area contributed by atoms with Gasteiger partial charge < -0.3 is 36.6 Å². The number of urea groups is 1. The number of benzene rings is 1. The fourth-order valence-electron chi connectivity index (χ4n) is 3.88. The Hall–Kier alpha value is -2.83. The monoisotopic (exact) mass is 480 g/mol. The summed E-state index contributed by atoms with van der Waals surface area (Å²) >= 11 is 1.84. The average molecular weight is 481 g/mol. The summed E-state index contributed by atoms with van der Waals surface area (Å²) in [5.74, 6) is -2.17. The Morgan fingerprint density at radius 2 is 2.00 bits per heavy atom. The number of fused-ring (bicyclic) bond motifs is 1. The molecule has 3 unspecified atom stereocenters. The number of carbonyl (C=O) groups excluding carboxylic acids is 2. The third-order valence-corrected chi connectivity index (χ3v) is 7.08. The molecule has 1 aromatic carbocycles. The van der Waals surface area contributed by atoms with E-state index >= 15 is 0 Å². The molecule has 3 rings (SSSR count). The van der Waals surface area contributed by atoms with Gasteiger partial charge in [-0.3, -0.25) is 9.59 Å². The highest BCUT2D eigenvalue weighted by atomic mass is 32.2. The number of carboxylic acids is 2. The molecule has 3 amide bonds. The van der Waals surface area contributed by atoms with Gasteiger partial charge in [0.2, 0.25) is 5.91 Å². The lowest BCUT2D eigenvalue weighted by Gasteiger charge is -2.17. The number of nitrogens with one attached hydrogen (secondary N) is 3. The van der Waals surface area contributed by atoms with E-state index in [0.29, 0.717) is 22.9 Å². The molecule has 33 heavy (non-hydrogen) atoms. The van der Waals surface area contributed by atoms with E-state index in [4.69, 9.17) is 20.7 Å². The number of anilines is 1. The zero-order valence-electron chi connectivity index (χ0n) is 17.9. The zero-order chi connectivity index (χ0) is 24.0. The molecule has 2 fully saturated rings. The van der Waals surface area contributed by atoms with Crippen LogP contribution >= 0.6 is 11.8 Å². The van der Waals surface area contributed by atoms with Gasteiger partial charge >= 0.3 is 18.0 Å². The molecule has 7 N–H and O–H groups in total. The predicted octanol–water partition coefficient (Wildman–Crippen LogP) is 0.733. The van der Waals surface area contributed by atoms with Crippen LogP contribution in [-0.4, -0.2) is 69.3 Å². The molecule has 0 aromatic heterocycles. The Bertz CT molecular complexity index is 899. The van der Waals surface area contributed by atoms with Gasteiger partial charge in [-0.05, 0) is 30.5 Å². The van der Waals surface area contributed by atoms with Crippen LogP contribution in [0, 0.1) is 0 Å². The summed E-state index contributed by atoms with van der Waals surface area (Å²) in [6, 6.07) is 5.23. The molecular formula is C21H28N4O7S. The first-order chi connectivity index (χ1) is 15.7. The summed E-state index contributed by atoms with van der Waals surface area (Å²) in [5.41, 5.74) is 6.46. The van der Waals surface area contributed by atoms with Crippen molar-refractivity contribution in [3.05, 3.63) is 29.8 Å². The normalized spacial score (nSPS) is 23.2. The molecule has 2 heterocycles. The largest absolute Gasteiger partial charge is 0.480 e. The first kappa shape index (κ1) is 24.8. The van der Waals surface area contributed by atoms with Crippen LogP contribution in [0.5, 0.6) is 0 Å². The lowest BCUT2D eigenvalue weighted by Crippen LogP contribution is -2.47. The number of carbonyl (C=O) groups is 4. The Morgan fingerprint density at radius 3 is 2.73 bits per heavy atom. The van der Waals surface area contributed by atoms with Crippen molar-refractivity contribution < 1.29 is 34.1 Å². The Morgan fingerprint density at radius 1 is 1.21 bits per heavy atom. The zero-order valence-corrected chi connectivity index (χ0v) is 18.7. The highest BCUT2D eigenvalue weighted by molar-refractivity contribution is 8.00. The van der Waals surface area contributed by atoms with Crippen molar-refractivity contribution in [2.75, 3.05) is 11.1 Å². The number of aliphatic carboxylic acids is 2. The summed E-state index contributed by atoms with van der Waals surface area (Å²) in [6.45, 7) is -0.172. The van der Waals surface area contributed by atoms with Crippen molar-refractivity contribution in [1.82, 2.24) is 10.6 Å². The molecule has 12 heteroatoms. The average Bonchev–Trinajstić information content (AvgIpc) is 3.30. The van der Waals surface area contributed by atoms with Gasteiger partial charge in [0.1, 0.15) is 6.04 Å². The van der Waals surface area contributed by atoms with Crippen LogP contribution in [0.15, 0.2) is 24.3 Å².